The number of nitrogens with zero attached hydrogens (tertiary/aromatic N) is 4. The van der Waals surface area contributed by atoms with Gasteiger partial charge in [0.25, 0.3) is 11.8 Å². The summed E-state index contributed by atoms with van der Waals surface area (Å²) in [6.45, 7) is 11.7. The molecule has 2 heterocycles. The van der Waals surface area contributed by atoms with E-state index in [1.54, 1.807) is 6.07 Å². The Morgan fingerprint density at radius 3 is 1.72 bits per heavy atom. The normalized spacial score (nSPS) is 12.2. The van der Waals surface area contributed by atoms with Gasteiger partial charge in [0.1, 0.15) is 0 Å². The summed E-state index contributed by atoms with van der Waals surface area (Å²) in [5.74, 6) is -0.802. The van der Waals surface area contributed by atoms with E-state index in [9.17, 15) is 10.1 Å². The standard InChI is InChI=1S/C54H34N4O2/c1-33-29-35(32-55)23-26-40(33)42-17-10-19-44-45-20-11-18-43(41-27-25-39(56-3)30-34(41)2)52(45)57(51(42)44)49-22-12-21-46-50(49)54(60)58(53(46)59)48-28-24-38(36-13-6-4-7-14-36)31-47(48)37-15-8-5-9-16-37/h4-31H,1-2H3. The largest absolute Gasteiger partial charge is 0.307 e. The van der Waals surface area contributed by atoms with E-state index in [-0.39, 0.29) is 0 Å². The average molecular weight is 771 g/mol. The van der Waals surface area contributed by atoms with Crippen LogP contribution in [0.25, 0.3) is 76.8 Å². The maximum Gasteiger partial charge on any atom is 0.268 e. The molecule has 6 heteroatoms. The van der Waals surface area contributed by atoms with Gasteiger partial charge in [-0.1, -0.05) is 139 Å². The molecule has 0 fully saturated rings. The van der Waals surface area contributed by atoms with Crippen LogP contribution in [-0.4, -0.2) is 16.4 Å². The molecule has 9 aromatic rings. The van der Waals surface area contributed by atoms with Crippen LogP contribution in [0.2, 0.25) is 0 Å². The minimum Gasteiger partial charge on any atom is -0.307 e. The van der Waals surface area contributed by atoms with E-state index in [0.717, 1.165) is 77.4 Å². The van der Waals surface area contributed by atoms with Crippen LogP contribution < -0.4 is 4.90 Å². The first-order valence-corrected chi connectivity index (χ1v) is 19.7. The van der Waals surface area contributed by atoms with E-state index in [2.05, 4.69) is 45.8 Å². The lowest BCUT2D eigenvalue weighted by atomic mass is 9.96. The van der Waals surface area contributed by atoms with Gasteiger partial charge in [0.05, 0.1) is 51.7 Å². The fourth-order valence-electron chi connectivity index (χ4n) is 8.91. The molecule has 10 rings (SSSR count). The summed E-state index contributed by atoms with van der Waals surface area (Å²) in [5, 5.41) is 11.7. The van der Waals surface area contributed by atoms with Crippen molar-refractivity contribution in [2.75, 3.05) is 4.90 Å². The van der Waals surface area contributed by atoms with Crippen molar-refractivity contribution in [3.05, 3.63) is 209 Å². The number of imide groups is 1. The van der Waals surface area contributed by atoms with Crippen LogP contribution in [0.15, 0.2) is 170 Å². The van der Waals surface area contributed by atoms with E-state index in [1.807, 2.05) is 147 Å². The Morgan fingerprint density at radius 1 is 0.500 bits per heavy atom. The zero-order valence-electron chi connectivity index (χ0n) is 32.8. The molecule has 0 radical (unpaired) electrons. The highest BCUT2D eigenvalue weighted by Gasteiger charge is 2.41. The number of aryl methyl sites for hydroxylation is 2. The van der Waals surface area contributed by atoms with Crippen LogP contribution in [0.1, 0.15) is 37.4 Å². The topological polar surface area (TPSA) is 70.5 Å². The molecule has 1 aromatic heterocycles. The molecular formula is C54H34N4O2. The molecular weight excluding hydrogens is 737 g/mol. The van der Waals surface area contributed by atoms with Crippen molar-refractivity contribution in [1.82, 2.24) is 4.57 Å². The number of para-hydroxylation sites is 2. The number of nitriles is 1. The van der Waals surface area contributed by atoms with Crippen molar-refractivity contribution in [1.29, 1.82) is 5.26 Å². The lowest BCUT2D eigenvalue weighted by Gasteiger charge is -2.20. The number of amides is 2. The molecule has 0 aliphatic carbocycles. The fourth-order valence-corrected chi connectivity index (χ4v) is 8.91. The average Bonchev–Trinajstić information content (AvgIpc) is 3.77. The van der Waals surface area contributed by atoms with E-state index in [1.165, 1.54) is 4.90 Å². The van der Waals surface area contributed by atoms with Crippen molar-refractivity contribution < 1.29 is 9.59 Å². The first-order chi connectivity index (χ1) is 29.4. The maximum atomic E-state index is 15.3. The van der Waals surface area contributed by atoms with Crippen molar-refractivity contribution in [3.63, 3.8) is 0 Å². The molecule has 0 atom stereocenters. The van der Waals surface area contributed by atoms with Gasteiger partial charge in [-0.15, -0.1) is 0 Å². The summed E-state index contributed by atoms with van der Waals surface area (Å²) >= 11 is 0. The van der Waals surface area contributed by atoms with Gasteiger partial charge in [-0.2, -0.15) is 5.26 Å². The summed E-state index contributed by atoms with van der Waals surface area (Å²) in [7, 11) is 0. The van der Waals surface area contributed by atoms with E-state index >= 15 is 4.79 Å². The Morgan fingerprint density at radius 2 is 1.10 bits per heavy atom. The van der Waals surface area contributed by atoms with Crippen LogP contribution in [0.3, 0.4) is 0 Å². The third-order valence-electron chi connectivity index (χ3n) is 11.6. The zero-order valence-corrected chi connectivity index (χ0v) is 32.8. The van der Waals surface area contributed by atoms with Crippen LogP contribution in [0.4, 0.5) is 11.4 Å². The molecule has 0 unspecified atom stereocenters. The highest BCUT2D eigenvalue weighted by Crippen LogP contribution is 2.46. The molecule has 6 nitrogen and oxygen atoms in total. The summed E-state index contributed by atoms with van der Waals surface area (Å²) < 4.78 is 2.15. The van der Waals surface area contributed by atoms with Gasteiger partial charge in [-0.3, -0.25) is 9.59 Å². The van der Waals surface area contributed by atoms with Crippen molar-refractivity contribution in [3.8, 4) is 56.3 Å². The predicted molar refractivity (Wildman–Crippen MR) is 241 cm³/mol. The number of carbonyl (C=O) groups is 2. The molecule has 1 aliphatic rings. The van der Waals surface area contributed by atoms with Gasteiger partial charge in [0.2, 0.25) is 0 Å². The Kier molecular flexibility index (Phi) is 8.56. The number of carbonyl (C=O) groups excluding carboxylic acids is 2. The highest BCUT2D eigenvalue weighted by molar-refractivity contribution is 6.36. The first kappa shape index (κ1) is 36.0. The van der Waals surface area contributed by atoms with E-state index in [0.29, 0.717) is 33.8 Å². The van der Waals surface area contributed by atoms with Gasteiger partial charge in [0.15, 0.2) is 5.69 Å². The molecule has 60 heavy (non-hydrogen) atoms. The molecule has 0 spiro atoms. The summed E-state index contributed by atoms with van der Waals surface area (Å²) in [6.07, 6.45) is 0. The summed E-state index contributed by atoms with van der Waals surface area (Å²) in [6, 6.07) is 57.5. The number of hydrogen-bond donors (Lipinski definition) is 0. The summed E-state index contributed by atoms with van der Waals surface area (Å²) in [5.41, 5.74) is 13.9. The number of fused-ring (bicyclic) bond motifs is 4. The number of anilines is 1. The fraction of sp³-hybridized carbons (Fsp3) is 0.0370. The van der Waals surface area contributed by atoms with E-state index < -0.39 is 11.8 Å². The third-order valence-corrected chi connectivity index (χ3v) is 11.6. The van der Waals surface area contributed by atoms with Gasteiger partial charge < -0.3 is 4.57 Å². The minimum atomic E-state index is -0.410. The number of hydrogen-bond acceptors (Lipinski definition) is 3. The van der Waals surface area contributed by atoms with Crippen molar-refractivity contribution in [2.24, 2.45) is 0 Å². The predicted octanol–water partition coefficient (Wildman–Crippen LogP) is 13.3. The molecule has 0 bridgehead atoms. The van der Waals surface area contributed by atoms with Crippen molar-refractivity contribution in [2.45, 2.75) is 13.8 Å². The van der Waals surface area contributed by atoms with Crippen molar-refractivity contribution >= 4 is 45.0 Å². The number of aromatic nitrogens is 1. The van der Waals surface area contributed by atoms with Gasteiger partial charge in [-0.05, 0) is 83.6 Å². The Bertz CT molecular complexity index is 3230. The zero-order chi connectivity index (χ0) is 41.1. The van der Waals surface area contributed by atoms with Crippen LogP contribution in [0, 0.1) is 31.8 Å². The third kappa shape index (κ3) is 5.62. The lowest BCUT2D eigenvalue weighted by molar-refractivity contribution is 0.0926. The lowest BCUT2D eigenvalue weighted by Crippen LogP contribution is -2.30. The smallest absolute Gasteiger partial charge is 0.268 e. The second-order valence-corrected chi connectivity index (χ2v) is 15.1. The Hall–Kier alpha value is -8.32. The second kappa shape index (κ2) is 14.3. The highest BCUT2D eigenvalue weighted by atomic mass is 16.2. The maximum absolute atomic E-state index is 15.3. The minimum absolute atomic E-state index is 0.314. The molecule has 8 aromatic carbocycles. The molecule has 0 saturated heterocycles. The summed E-state index contributed by atoms with van der Waals surface area (Å²) in [4.78, 5) is 35.2. The quantitative estimate of drug-likeness (QED) is 0.125. The second-order valence-electron chi connectivity index (χ2n) is 15.1. The van der Waals surface area contributed by atoms with Crippen LogP contribution >= 0.6 is 0 Å². The van der Waals surface area contributed by atoms with Crippen LogP contribution in [0.5, 0.6) is 0 Å². The first-order valence-electron chi connectivity index (χ1n) is 19.7. The molecule has 0 saturated carbocycles. The van der Waals surface area contributed by atoms with Crippen LogP contribution in [-0.2, 0) is 0 Å². The SMILES string of the molecule is [C-]#[N+]c1ccc(-c2cccc3c4cccc(-c5ccc(C#N)cc5C)c4n(-c4cccc5c4C(=O)N(c4ccc(-c6ccccc6)cc4-c4ccccc4)C5=O)c23)c(C)c1. The van der Waals surface area contributed by atoms with Gasteiger partial charge in [0, 0.05) is 27.5 Å². The van der Waals surface area contributed by atoms with E-state index in [4.69, 9.17) is 6.57 Å². The number of benzene rings is 8. The molecule has 1 aliphatic heterocycles. The molecule has 2 amide bonds. The van der Waals surface area contributed by atoms with Gasteiger partial charge in [-0.25, -0.2) is 9.74 Å². The Labute approximate surface area is 347 Å². The Balaban J connectivity index is 1.26. The van der Waals surface area contributed by atoms with Gasteiger partial charge >= 0.3 is 0 Å². The molecule has 0 N–H and O–H groups in total. The monoisotopic (exact) mass is 770 g/mol. The number of rotatable bonds is 6. The molecule has 282 valence electrons.